The number of nitrogens with one attached hydrogen (secondary N) is 2. The van der Waals surface area contributed by atoms with Gasteiger partial charge in [0.2, 0.25) is 10.0 Å². The fraction of sp³-hybridized carbons (Fsp3) is 0.176. The van der Waals surface area contributed by atoms with E-state index >= 15 is 0 Å². The van der Waals surface area contributed by atoms with Crippen LogP contribution in [0.25, 0.3) is 0 Å². The van der Waals surface area contributed by atoms with Crippen LogP contribution in [0.3, 0.4) is 0 Å². The summed E-state index contributed by atoms with van der Waals surface area (Å²) >= 11 is 5.85. The van der Waals surface area contributed by atoms with Crippen LogP contribution in [0.4, 0.5) is 11.4 Å². The van der Waals surface area contributed by atoms with E-state index in [1.807, 2.05) is 0 Å². The third-order valence-electron chi connectivity index (χ3n) is 3.24. The molecule has 0 atom stereocenters. The minimum absolute atomic E-state index is 0.00778. The SMILES string of the molecule is Cc1cc(Cl)ccc1NC(=O)COC(=O)c1ccccc1NS(C)(=O)=O. The Hall–Kier alpha value is -2.58. The average Bonchev–Trinajstić information content (AvgIpc) is 2.54. The van der Waals surface area contributed by atoms with Crippen molar-refractivity contribution in [2.45, 2.75) is 6.92 Å². The summed E-state index contributed by atoms with van der Waals surface area (Å²) in [6.45, 7) is 1.26. The Balaban J connectivity index is 2.01. The third-order valence-corrected chi connectivity index (χ3v) is 4.07. The molecule has 0 aromatic heterocycles. The minimum Gasteiger partial charge on any atom is -0.452 e. The molecule has 0 spiro atoms. The third kappa shape index (κ3) is 5.75. The zero-order chi connectivity index (χ0) is 19.3. The van der Waals surface area contributed by atoms with E-state index in [9.17, 15) is 18.0 Å². The van der Waals surface area contributed by atoms with Crippen LogP contribution in [0.15, 0.2) is 42.5 Å². The van der Waals surface area contributed by atoms with Gasteiger partial charge in [-0.3, -0.25) is 9.52 Å². The number of para-hydroxylation sites is 1. The van der Waals surface area contributed by atoms with E-state index < -0.39 is 28.5 Å². The number of sulfonamides is 1. The molecular formula is C17H17ClN2O5S. The van der Waals surface area contributed by atoms with Gasteiger partial charge < -0.3 is 10.1 Å². The van der Waals surface area contributed by atoms with Crippen molar-refractivity contribution in [3.63, 3.8) is 0 Å². The maximum atomic E-state index is 12.2. The first-order chi connectivity index (χ1) is 12.2. The lowest BCUT2D eigenvalue weighted by Gasteiger charge is -2.11. The summed E-state index contributed by atoms with van der Waals surface area (Å²) < 4.78 is 29.9. The second kappa shape index (κ2) is 8.20. The number of benzene rings is 2. The Morgan fingerprint density at radius 3 is 2.46 bits per heavy atom. The molecule has 0 saturated heterocycles. The lowest BCUT2D eigenvalue weighted by molar-refractivity contribution is -0.119. The second-order valence-corrected chi connectivity index (χ2v) is 7.69. The van der Waals surface area contributed by atoms with Gasteiger partial charge in [-0.05, 0) is 42.8 Å². The molecule has 0 aliphatic rings. The zero-order valence-corrected chi connectivity index (χ0v) is 15.6. The minimum atomic E-state index is -3.56. The highest BCUT2D eigenvalue weighted by molar-refractivity contribution is 7.92. The van der Waals surface area contributed by atoms with Crippen molar-refractivity contribution in [2.24, 2.45) is 0 Å². The molecule has 0 radical (unpaired) electrons. The van der Waals surface area contributed by atoms with Gasteiger partial charge in [0, 0.05) is 10.7 Å². The number of rotatable bonds is 6. The monoisotopic (exact) mass is 396 g/mol. The van der Waals surface area contributed by atoms with Gasteiger partial charge in [0.05, 0.1) is 17.5 Å². The topological polar surface area (TPSA) is 102 Å². The number of amides is 1. The van der Waals surface area contributed by atoms with Gasteiger partial charge in [0.15, 0.2) is 6.61 Å². The molecule has 0 bridgehead atoms. The second-order valence-electron chi connectivity index (χ2n) is 5.50. The number of carbonyl (C=O) groups excluding carboxylic acids is 2. The Bertz CT molecular complexity index is 944. The molecule has 2 aromatic carbocycles. The number of carbonyl (C=O) groups is 2. The van der Waals surface area contributed by atoms with Crippen LogP contribution in [0, 0.1) is 6.92 Å². The molecule has 9 heteroatoms. The highest BCUT2D eigenvalue weighted by atomic mass is 35.5. The van der Waals surface area contributed by atoms with Crippen LogP contribution in [0.1, 0.15) is 15.9 Å². The first kappa shape index (κ1) is 19.7. The van der Waals surface area contributed by atoms with E-state index in [4.69, 9.17) is 16.3 Å². The van der Waals surface area contributed by atoms with Crippen LogP contribution >= 0.6 is 11.6 Å². The van der Waals surface area contributed by atoms with E-state index in [1.165, 1.54) is 12.1 Å². The summed E-state index contributed by atoms with van der Waals surface area (Å²) in [6, 6.07) is 10.9. The number of aryl methyl sites for hydroxylation is 1. The molecule has 0 fully saturated rings. The van der Waals surface area contributed by atoms with Gasteiger partial charge in [0.25, 0.3) is 5.91 Å². The lowest BCUT2D eigenvalue weighted by Crippen LogP contribution is -2.22. The standard InChI is InChI=1S/C17H17ClN2O5S/c1-11-9-12(18)7-8-14(11)19-16(21)10-25-17(22)13-5-3-4-6-15(13)20-26(2,23)24/h3-9,20H,10H2,1-2H3,(H,19,21). The predicted octanol–water partition coefficient (Wildman–Crippen LogP) is 2.82. The largest absolute Gasteiger partial charge is 0.452 e. The van der Waals surface area contributed by atoms with Gasteiger partial charge >= 0.3 is 5.97 Å². The molecule has 2 aromatic rings. The smallest absolute Gasteiger partial charge is 0.340 e. The fourth-order valence-corrected chi connectivity index (χ4v) is 2.92. The predicted molar refractivity (Wildman–Crippen MR) is 100 cm³/mol. The normalized spacial score (nSPS) is 10.9. The van der Waals surface area contributed by atoms with Crippen molar-refractivity contribution in [2.75, 3.05) is 22.9 Å². The molecule has 26 heavy (non-hydrogen) atoms. The lowest BCUT2D eigenvalue weighted by atomic mass is 10.2. The van der Waals surface area contributed by atoms with Crippen LogP contribution in [0.2, 0.25) is 5.02 Å². The summed E-state index contributed by atoms with van der Waals surface area (Å²) in [7, 11) is -3.56. The molecule has 7 nitrogen and oxygen atoms in total. The Morgan fingerprint density at radius 2 is 1.81 bits per heavy atom. The average molecular weight is 397 g/mol. The quantitative estimate of drug-likeness (QED) is 0.731. The molecule has 0 aliphatic heterocycles. The Labute approximate surface area is 156 Å². The molecule has 138 valence electrons. The first-order valence-corrected chi connectivity index (χ1v) is 9.72. The number of esters is 1. The van der Waals surface area contributed by atoms with Crippen LogP contribution in [-0.4, -0.2) is 33.2 Å². The Kier molecular flexibility index (Phi) is 6.23. The van der Waals surface area contributed by atoms with Crippen molar-refractivity contribution in [3.8, 4) is 0 Å². The maximum Gasteiger partial charge on any atom is 0.340 e. The van der Waals surface area contributed by atoms with Crippen molar-refractivity contribution < 1.29 is 22.7 Å². The molecule has 0 saturated carbocycles. The number of hydrogen-bond acceptors (Lipinski definition) is 5. The van der Waals surface area contributed by atoms with E-state index in [1.54, 1.807) is 37.3 Å². The van der Waals surface area contributed by atoms with E-state index in [0.29, 0.717) is 10.7 Å². The summed E-state index contributed by atoms with van der Waals surface area (Å²) in [5.41, 5.74) is 1.40. The molecule has 0 aliphatic carbocycles. The van der Waals surface area contributed by atoms with Crippen molar-refractivity contribution in [1.29, 1.82) is 0 Å². The van der Waals surface area contributed by atoms with E-state index in [0.717, 1.165) is 11.8 Å². The fourth-order valence-electron chi connectivity index (χ4n) is 2.11. The van der Waals surface area contributed by atoms with Gasteiger partial charge in [-0.25, -0.2) is 13.2 Å². The zero-order valence-electron chi connectivity index (χ0n) is 14.1. The van der Waals surface area contributed by atoms with Crippen molar-refractivity contribution in [1.82, 2.24) is 0 Å². The molecule has 0 unspecified atom stereocenters. The van der Waals surface area contributed by atoms with E-state index in [2.05, 4.69) is 10.0 Å². The van der Waals surface area contributed by atoms with Gasteiger partial charge in [-0.15, -0.1) is 0 Å². The van der Waals surface area contributed by atoms with Crippen molar-refractivity contribution >= 4 is 44.9 Å². The highest BCUT2D eigenvalue weighted by Crippen LogP contribution is 2.20. The number of anilines is 2. The highest BCUT2D eigenvalue weighted by Gasteiger charge is 2.16. The molecule has 1 amide bonds. The van der Waals surface area contributed by atoms with E-state index in [-0.39, 0.29) is 11.3 Å². The number of halogens is 1. The molecule has 2 rings (SSSR count). The van der Waals surface area contributed by atoms with Gasteiger partial charge in [0.1, 0.15) is 0 Å². The molecule has 2 N–H and O–H groups in total. The summed E-state index contributed by atoms with van der Waals surface area (Å²) in [6.07, 6.45) is 0.969. The van der Waals surface area contributed by atoms with Crippen LogP contribution in [0.5, 0.6) is 0 Å². The summed E-state index contributed by atoms with van der Waals surface area (Å²) in [5, 5.41) is 3.15. The summed E-state index contributed by atoms with van der Waals surface area (Å²) in [4.78, 5) is 24.1. The van der Waals surface area contributed by atoms with Gasteiger partial charge in [-0.2, -0.15) is 0 Å². The molecule has 0 heterocycles. The van der Waals surface area contributed by atoms with Crippen LogP contribution < -0.4 is 10.0 Å². The van der Waals surface area contributed by atoms with Crippen molar-refractivity contribution in [3.05, 3.63) is 58.6 Å². The Morgan fingerprint density at radius 1 is 1.12 bits per heavy atom. The van der Waals surface area contributed by atoms with Crippen LogP contribution in [-0.2, 0) is 19.6 Å². The first-order valence-electron chi connectivity index (χ1n) is 7.45. The maximum absolute atomic E-state index is 12.2. The molecular weight excluding hydrogens is 380 g/mol. The summed E-state index contributed by atoms with van der Waals surface area (Å²) in [5.74, 6) is -1.35. The van der Waals surface area contributed by atoms with Gasteiger partial charge in [-0.1, -0.05) is 23.7 Å². The number of hydrogen-bond donors (Lipinski definition) is 2. The number of ether oxygens (including phenoxy) is 1.